The maximum absolute atomic E-state index is 12.0. The van der Waals surface area contributed by atoms with E-state index in [9.17, 15) is 14.4 Å². The van der Waals surface area contributed by atoms with Crippen molar-refractivity contribution in [3.05, 3.63) is 0 Å². The predicted molar refractivity (Wildman–Crippen MR) is 75.1 cm³/mol. The molecule has 0 aromatic carbocycles. The van der Waals surface area contributed by atoms with E-state index in [0.717, 1.165) is 19.6 Å². The first-order chi connectivity index (χ1) is 9.79. The topological polar surface area (TPSA) is 110 Å². The van der Waals surface area contributed by atoms with Gasteiger partial charge in [-0.3, -0.25) is 9.69 Å². The van der Waals surface area contributed by atoms with Crippen molar-refractivity contribution in [2.75, 3.05) is 32.7 Å². The van der Waals surface area contributed by atoms with Crippen LogP contribution in [0.1, 0.15) is 20.3 Å². The SMILES string of the molecule is CC(C)CN1CCN(C(=O)N[C@H](CC(=O)O)C(=O)O)CC1. The summed E-state index contributed by atoms with van der Waals surface area (Å²) in [4.78, 5) is 37.2. The Morgan fingerprint density at radius 2 is 1.67 bits per heavy atom. The third-order valence-electron chi connectivity index (χ3n) is 3.26. The molecule has 0 spiro atoms. The number of amides is 2. The summed E-state index contributed by atoms with van der Waals surface area (Å²) in [7, 11) is 0. The van der Waals surface area contributed by atoms with Gasteiger partial charge >= 0.3 is 18.0 Å². The zero-order valence-electron chi connectivity index (χ0n) is 12.4. The van der Waals surface area contributed by atoms with Crippen LogP contribution >= 0.6 is 0 Å². The van der Waals surface area contributed by atoms with Crippen molar-refractivity contribution in [3.63, 3.8) is 0 Å². The van der Waals surface area contributed by atoms with E-state index in [1.54, 1.807) is 0 Å². The van der Waals surface area contributed by atoms with Crippen LogP contribution in [0.5, 0.6) is 0 Å². The number of carbonyl (C=O) groups is 3. The first-order valence-corrected chi connectivity index (χ1v) is 7.02. The Balaban J connectivity index is 2.45. The van der Waals surface area contributed by atoms with Crippen LogP contribution < -0.4 is 5.32 Å². The van der Waals surface area contributed by atoms with Crippen molar-refractivity contribution < 1.29 is 24.6 Å². The van der Waals surface area contributed by atoms with Gasteiger partial charge in [-0.25, -0.2) is 9.59 Å². The maximum Gasteiger partial charge on any atom is 0.326 e. The Kier molecular flexibility index (Phi) is 6.41. The second-order valence-corrected chi connectivity index (χ2v) is 5.62. The number of carboxylic acids is 2. The third-order valence-corrected chi connectivity index (χ3v) is 3.26. The third kappa shape index (κ3) is 5.99. The van der Waals surface area contributed by atoms with Crippen LogP contribution in [0.3, 0.4) is 0 Å². The van der Waals surface area contributed by atoms with E-state index in [1.807, 2.05) is 0 Å². The number of nitrogens with one attached hydrogen (secondary N) is 1. The fraction of sp³-hybridized carbons (Fsp3) is 0.769. The fourth-order valence-electron chi connectivity index (χ4n) is 2.26. The summed E-state index contributed by atoms with van der Waals surface area (Å²) in [5.74, 6) is -2.05. The highest BCUT2D eigenvalue weighted by molar-refractivity contribution is 5.86. The zero-order chi connectivity index (χ0) is 16.0. The molecule has 1 saturated heterocycles. The number of urea groups is 1. The minimum atomic E-state index is -1.40. The Hall–Kier alpha value is -1.83. The van der Waals surface area contributed by atoms with E-state index in [4.69, 9.17) is 10.2 Å². The number of rotatable bonds is 6. The number of hydrogen-bond acceptors (Lipinski definition) is 4. The molecule has 1 fully saturated rings. The van der Waals surface area contributed by atoms with Crippen molar-refractivity contribution in [1.82, 2.24) is 15.1 Å². The summed E-state index contributed by atoms with van der Waals surface area (Å²) in [5.41, 5.74) is 0. The standard InChI is InChI=1S/C13H23N3O5/c1-9(2)8-15-3-5-16(6-4-15)13(21)14-10(12(19)20)7-11(17)18/h9-10H,3-8H2,1-2H3,(H,14,21)(H,17,18)(H,19,20)/t10-/m1/s1. The molecule has 8 heteroatoms. The van der Waals surface area contributed by atoms with Gasteiger partial charge in [-0.1, -0.05) is 13.8 Å². The maximum atomic E-state index is 12.0. The van der Waals surface area contributed by atoms with Crippen LogP contribution in [0.15, 0.2) is 0 Å². The van der Waals surface area contributed by atoms with Gasteiger partial charge in [-0.2, -0.15) is 0 Å². The predicted octanol–water partition coefficient (Wildman–Crippen LogP) is -0.102. The molecular formula is C13H23N3O5. The molecule has 1 rings (SSSR count). The summed E-state index contributed by atoms with van der Waals surface area (Å²) in [6.07, 6.45) is -0.631. The average molecular weight is 301 g/mol. The summed E-state index contributed by atoms with van der Waals surface area (Å²) in [6, 6.07) is -1.92. The summed E-state index contributed by atoms with van der Waals surface area (Å²) < 4.78 is 0. The number of carbonyl (C=O) groups excluding carboxylic acids is 1. The molecule has 0 saturated carbocycles. The second kappa shape index (κ2) is 7.82. The lowest BCUT2D eigenvalue weighted by molar-refractivity contribution is -0.145. The Labute approximate surface area is 123 Å². The van der Waals surface area contributed by atoms with Crippen molar-refractivity contribution in [2.45, 2.75) is 26.3 Å². The molecule has 0 radical (unpaired) electrons. The van der Waals surface area contributed by atoms with E-state index in [0.29, 0.717) is 19.0 Å². The summed E-state index contributed by atoms with van der Waals surface area (Å²) >= 11 is 0. The minimum absolute atomic E-state index is 0.512. The lowest BCUT2D eigenvalue weighted by Gasteiger charge is -2.35. The molecule has 1 aliphatic rings. The first kappa shape index (κ1) is 17.2. The van der Waals surface area contributed by atoms with Gasteiger partial charge in [0.15, 0.2) is 0 Å². The molecular weight excluding hydrogens is 278 g/mol. The van der Waals surface area contributed by atoms with E-state index in [2.05, 4.69) is 24.1 Å². The zero-order valence-corrected chi connectivity index (χ0v) is 12.4. The monoisotopic (exact) mass is 301 g/mol. The molecule has 0 aliphatic carbocycles. The summed E-state index contributed by atoms with van der Waals surface area (Å²) in [5, 5.41) is 19.8. The molecule has 1 heterocycles. The first-order valence-electron chi connectivity index (χ1n) is 7.02. The molecule has 1 atom stereocenters. The van der Waals surface area contributed by atoms with Gasteiger partial charge in [-0.15, -0.1) is 0 Å². The lowest BCUT2D eigenvalue weighted by atomic mass is 10.2. The van der Waals surface area contributed by atoms with E-state index in [-0.39, 0.29) is 0 Å². The molecule has 21 heavy (non-hydrogen) atoms. The van der Waals surface area contributed by atoms with Gasteiger partial charge in [0.1, 0.15) is 6.04 Å². The van der Waals surface area contributed by atoms with Crippen molar-refractivity contribution >= 4 is 18.0 Å². The van der Waals surface area contributed by atoms with Gasteiger partial charge in [0.25, 0.3) is 0 Å². The number of nitrogens with zero attached hydrogens (tertiary/aromatic N) is 2. The minimum Gasteiger partial charge on any atom is -0.481 e. The van der Waals surface area contributed by atoms with Gasteiger partial charge in [0, 0.05) is 32.7 Å². The van der Waals surface area contributed by atoms with Gasteiger partial charge in [0.05, 0.1) is 6.42 Å². The highest BCUT2D eigenvalue weighted by Crippen LogP contribution is 2.06. The van der Waals surface area contributed by atoms with E-state index < -0.39 is 30.4 Å². The van der Waals surface area contributed by atoms with Crippen molar-refractivity contribution in [2.24, 2.45) is 5.92 Å². The van der Waals surface area contributed by atoms with Crippen molar-refractivity contribution in [1.29, 1.82) is 0 Å². The van der Waals surface area contributed by atoms with Crippen LogP contribution in [-0.4, -0.2) is 76.7 Å². The quantitative estimate of drug-likeness (QED) is 0.632. The summed E-state index contributed by atoms with van der Waals surface area (Å²) in [6.45, 7) is 7.72. The number of hydrogen-bond donors (Lipinski definition) is 3. The number of aliphatic carboxylic acids is 2. The fourth-order valence-corrected chi connectivity index (χ4v) is 2.26. The van der Waals surface area contributed by atoms with Crippen LogP contribution in [0.2, 0.25) is 0 Å². The molecule has 2 amide bonds. The van der Waals surface area contributed by atoms with Gasteiger partial charge in [-0.05, 0) is 5.92 Å². The van der Waals surface area contributed by atoms with Gasteiger partial charge < -0.3 is 20.4 Å². The molecule has 1 aliphatic heterocycles. The van der Waals surface area contributed by atoms with E-state index >= 15 is 0 Å². The Bertz CT molecular complexity index is 391. The highest BCUT2D eigenvalue weighted by atomic mass is 16.4. The molecule has 0 aromatic heterocycles. The number of carboxylic acid groups (broad SMARTS) is 2. The number of piperazine rings is 1. The van der Waals surface area contributed by atoms with Crippen LogP contribution in [0, 0.1) is 5.92 Å². The van der Waals surface area contributed by atoms with Gasteiger partial charge in [0.2, 0.25) is 0 Å². The van der Waals surface area contributed by atoms with E-state index in [1.165, 1.54) is 4.90 Å². The smallest absolute Gasteiger partial charge is 0.326 e. The Morgan fingerprint density at radius 3 is 2.10 bits per heavy atom. The van der Waals surface area contributed by atoms with Crippen LogP contribution in [0.25, 0.3) is 0 Å². The van der Waals surface area contributed by atoms with Crippen molar-refractivity contribution in [3.8, 4) is 0 Å². The largest absolute Gasteiger partial charge is 0.481 e. The van der Waals surface area contributed by atoms with Crippen LogP contribution in [0.4, 0.5) is 4.79 Å². The highest BCUT2D eigenvalue weighted by Gasteiger charge is 2.27. The Morgan fingerprint density at radius 1 is 1.10 bits per heavy atom. The molecule has 0 aromatic rings. The average Bonchev–Trinajstić information content (AvgIpc) is 2.37. The molecule has 0 bridgehead atoms. The molecule has 0 unspecified atom stereocenters. The lowest BCUT2D eigenvalue weighted by Crippen LogP contribution is -2.55. The molecule has 3 N–H and O–H groups in total. The molecule has 120 valence electrons. The van der Waals surface area contributed by atoms with Crippen LogP contribution in [-0.2, 0) is 9.59 Å². The normalized spacial score (nSPS) is 17.6. The molecule has 8 nitrogen and oxygen atoms in total. The second-order valence-electron chi connectivity index (χ2n) is 5.62.